The molecule has 1 aliphatic carbocycles. The molecule has 6 heteroatoms. The molecule has 0 bridgehead atoms. The molecule has 1 atom stereocenters. The van der Waals surface area contributed by atoms with Crippen molar-refractivity contribution in [3.05, 3.63) is 24.3 Å². The molecule has 1 saturated heterocycles. The van der Waals surface area contributed by atoms with Gasteiger partial charge in [-0.1, -0.05) is 6.42 Å². The number of nitrogens with zero attached hydrogens (tertiary/aromatic N) is 3. The highest BCUT2D eigenvalue weighted by Gasteiger charge is 2.53. The predicted molar refractivity (Wildman–Crippen MR) is 76.1 cm³/mol. The first kappa shape index (κ1) is 14.0. The van der Waals surface area contributed by atoms with Crippen LogP contribution in [0, 0.1) is 5.92 Å². The van der Waals surface area contributed by atoms with Crippen molar-refractivity contribution in [2.45, 2.75) is 37.6 Å². The lowest BCUT2D eigenvalue weighted by atomic mass is 9.82. The van der Waals surface area contributed by atoms with Crippen molar-refractivity contribution in [1.29, 1.82) is 0 Å². The highest BCUT2D eigenvalue weighted by atomic mass is 16.2. The number of amides is 2. The second kappa shape index (κ2) is 5.42. The molecule has 21 heavy (non-hydrogen) atoms. The molecule has 2 aliphatic rings. The fourth-order valence-electron chi connectivity index (χ4n) is 3.33. The highest BCUT2D eigenvalue weighted by Crippen LogP contribution is 2.41. The van der Waals surface area contributed by atoms with E-state index in [1.165, 1.54) is 0 Å². The molecule has 1 saturated carbocycles. The summed E-state index contributed by atoms with van der Waals surface area (Å²) in [7, 11) is 1.60. The van der Waals surface area contributed by atoms with E-state index in [2.05, 4.69) is 15.3 Å². The molecular formula is C15H20N4O2. The average molecular weight is 288 g/mol. The third-order valence-electron chi connectivity index (χ3n) is 4.69. The Bertz CT molecular complexity index is 544. The second-order valence-corrected chi connectivity index (χ2v) is 5.75. The van der Waals surface area contributed by atoms with E-state index in [0.717, 1.165) is 25.7 Å². The zero-order valence-electron chi connectivity index (χ0n) is 12.2. The van der Waals surface area contributed by atoms with Crippen LogP contribution in [0.15, 0.2) is 18.6 Å². The molecule has 2 fully saturated rings. The van der Waals surface area contributed by atoms with Gasteiger partial charge in [0.15, 0.2) is 5.54 Å². The van der Waals surface area contributed by atoms with Crippen LogP contribution in [-0.4, -0.2) is 40.3 Å². The summed E-state index contributed by atoms with van der Waals surface area (Å²) in [5, 5.41) is 2.71. The lowest BCUT2D eigenvalue weighted by molar-refractivity contribution is -0.150. The summed E-state index contributed by atoms with van der Waals surface area (Å²) >= 11 is 0. The zero-order chi connectivity index (χ0) is 14.9. The Morgan fingerprint density at radius 3 is 2.71 bits per heavy atom. The van der Waals surface area contributed by atoms with Gasteiger partial charge in [-0.3, -0.25) is 19.6 Å². The van der Waals surface area contributed by atoms with Crippen molar-refractivity contribution in [3.63, 3.8) is 0 Å². The molecule has 2 amide bonds. The van der Waals surface area contributed by atoms with Crippen LogP contribution >= 0.6 is 0 Å². The van der Waals surface area contributed by atoms with Crippen LogP contribution < -0.4 is 5.32 Å². The Labute approximate surface area is 124 Å². The quantitative estimate of drug-likeness (QED) is 0.894. The molecule has 0 unspecified atom stereocenters. The summed E-state index contributed by atoms with van der Waals surface area (Å²) in [5.41, 5.74) is -0.426. The average Bonchev–Trinajstić information content (AvgIpc) is 2.91. The minimum absolute atomic E-state index is 0.0730. The predicted octanol–water partition coefficient (Wildman–Crippen LogP) is 0.840. The van der Waals surface area contributed by atoms with E-state index in [1.54, 1.807) is 30.5 Å². The van der Waals surface area contributed by atoms with Crippen LogP contribution in [0.25, 0.3) is 0 Å². The van der Waals surface area contributed by atoms with Crippen molar-refractivity contribution >= 4 is 11.8 Å². The topological polar surface area (TPSA) is 75.2 Å². The molecule has 2 heterocycles. The molecule has 6 nitrogen and oxygen atoms in total. The van der Waals surface area contributed by atoms with Crippen LogP contribution in [-0.2, 0) is 15.1 Å². The van der Waals surface area contributed by atoms with Gasteiger partial charge in [0, 0.05) is 31.9 Å². The van der Waals surface area contributed by atoms with Gasteiger partial charge in [-0.2, -0.15) is 0 Å². The first-order valence-corrected chi connectivity index (χ1v) is 7.50. The van der Waals surface area contributed by atoms with Crippen molar-refractivity contribution in [1.82, 2.24) is 20.2 Å². The first-order chi connectivity index (χ1) is 10.2. The number of hydrogen-bond donors (Lipinski definition) is 1. The van der Waals surface area contributed by atoms with E-state index >= 15 is 0 Å². The maximum Gasteiger partial charge on any atom is 0.252 e. The van der Waals surface area contributed by atoms with Gasteiger partial charge in [-0.15, -0.1) is 0 Å². The molecule has 3 rings (SSSR count). The van der Waals surface area contributed by atoms with Crippen LogP contribution in [0.2, 0.25) is 0 Å². The second-order valence-electron chi connectivity index (χ2n) is 5.75. The summed E-state index contributed by atoms with van der Waals surface area (Å²) in [6.45, 7) is 0.610. The van der Waals surface area contributed by atoms with E-state index in [9.17, 15) is 9.59 Å². The lowest BCUT2D eigenvalue weighted by Gasteiger charge is -2.39. The maximum atomic E-state index is 12.7. The Morgan fingerprint density at radius 2 is 2.14 bits per heavy atom. The SMILES string of the molecule is CNC(=O)[C@@]1(c2cnccn2)CCCN1C(=O)C1CCC1. The summed E-state index contributed by atoms with van der Waals surface area (Å²) in [5.74, 6) is -0.00928. The number of hydrogen-bond acceptors (Lipinski definition) is 4. The van der Waals surface area contributed by atoms with Gasteiger partial charge in [-0.05, 0) is 25.7 Å². The zero-order valence-corrected chi connectivity index (χ0v) is 12.2. The Hall–Kier alpha value is -1.98. The standard InChI is InChI=1S/C15H20N4O2/c1-16-14(21)15(12-10-17-7-8-18-12)6-3-9-19(15)13(20)11-4-2-5-11/h7-8,10-11H,2-6,9H2,1H3,(H,16,21)/t15-/m0/s1. The van der Waals surface area contributed by atoms with Gasteiger partial charge in [0.1, 0.15) is 0 Å². The van der Waals surface area contributed by atoms with Gasteiger partial charge in [0.2, 0.25) is 5.91 Å². The van der Waals surface area contributed by atoms with Gasteiger partial charge in [-0.25, -0.2) is 0 Å². The van der Waals surface area contributed by atoms with Gasteiger partial charge >= 0.3 is 0 Å². The monoisotopic (exact) mass is 288 g/mol. The lowest BCUT2D eigenvalue weighted by Crippen LogP contribution is -2.56. The molecule has 1 aromatic rings. The molecule has 0 spiro atoms. The fraction of sp³-hybridized carbons (Fsp3) is 0.600. The first-order valence-electron chi connectivity index (χ1n) is 7.50. The Morgan fingerprint density at radius 1 is 1.33 bits per heavy atom. The minimum Gasteiger partial charge on any atom is -0.357 e. The van der Waals surface area contributed by atoms with E-state index < -0.39 is 5.54 Å². The third kappa shape index (κ3) is 2.09. The van der Waals surface area contributed by atoms with Crippen LogP contribution in [0.3, 0.4) is 0 Å². The summed E-state index contributed by atoms with van der Waals surface area (Å²) < 4.78 is 0. The van der Waals surface area contributed by atoms with E-state index in [4.69, 9.17) is 0 Å². The van der Waals surface area contributed by atoms with Crippen molar-refractivity contribution in [2.24, 2.45) is 5.92 Å². The van der Waals surface area contributed by atoms with Gasteiger partial charge < -0.3 is 10.2 Å². The smallest absolute Gasteiger partial charge is 0.252 e. The number of likely N-dealkylation sites (N-methyl/N-ethyl adjacent to an activating group) is 1. The largest absolute Gasteiger partial charge is 0.357 e. The molecule has 1 aromatic heterocycles. The third-order valence-corrected chi connectivity index (χ3v) is 4.69. The fourth-order valence-corrected chi connectivity index (χ4v) is 3.33. The highest BCUT2D eigenvalue weighted by molar-refractivity contribution is 5.93. The minimum atomic E-state index is -0.990. The molecule has 0 aromatic carbocycles. The summed E-state index contributed by atoms with van der Waals surface area (Å²) in [4.78, 5) is 35.5. The maximum absolute atomic E-state index is 12.7. The number of carbonyl (C=O) groups excluding carboxylic acids is 2. The number of carbonyl (C=O) groups is 2. The number of nitrogens with one attached hydrogen (secondary N) is 1. The number of aromatic nitrogens is 2. The number of rotatable bonds is 3. The van der Waals surface area contributed by atoms with Crippen LogP contribution in [0.1, 0.15) is 37.8 Å². The van der Waals surface area contributed by atoms with Crippen LogP contribution in [0.5, 0.6) is 0 Å². The normalized spacial score (nSPS) is 25.5. The van der Waals surface area contributed by atoms with E-state index in [1.807, 2.05) is 0 Å². The molecule has 112 valence electrons. The van der Waals surface area contributed by atoms with Gasteiger partial charge in [0.05, 0.1) is 11.9 Å². The molecule has 1 N–H and O–H groups in total. The van der Waals surface area contributed by atoms with Crippen molar-refractivity contribution in [2.75, 3.05) is 13.6 Å². The number of likely N-dealkylation sites (tertiary alicyclic amines) is 1. The Balaban J connectivity index is 2.01. The molecular weight excluding hydrogens is 268 g/mol. The summed E-state index contributed by atoms with van der Waals surface area (Å²) in [6, 6.07) is 0. The molecule has 0 radical (unpaired) electrons. The summed E-state index contributed by atoms with van der Waals surface area (Å²) in [6.07, 6.45) is 9.12. The van der Waals surface area contributed by atoms with E-state index in [-0.39, 0.29) is 17.7 Å². The van der Waals surface area contributed by atoms with E-state index in [0.29, 0.717) is 18.7 Å². The Kier molecular flexibility index (Phi) is 3.61. The van der Waals surface area contributed by atoms with Crippen LogP contribution in [0.4, 0.5) is 0 Å². The van der Waals surface area contributed by atoms with Crippen molar-refractivity contribution in [3.8, 4) is 0 Å². The van der Waals surface area contributed by atoms with Gasteiger partial charge in [0.25, 0.3) is 5.91 Å². The molecule has 1 aliphatic heterocycles. The van der Waals surface area contributed by atoms with Crippen molar-refractivity contribution < 1.29 is 9.59 Å².